The SMILES string of the molecule is Cc1noc(C)c1CC(=O)N1CCOC[C@H](CO)C1. The number of nitrogens with zero attached hydrogens (tertiary/aromatic N) is 2. The highest BCUT2D eigenvalue weighted by Gasteiger charge is 2.23. The summed E-state index contributed by atoms with van der Waals surface area (Å²) in [4.78, 5) is 14.1. The molecule has 0 aromatic carbocycles. The van der Waals surface area contributed by atoms with Gasteiger partial charge in [0, 0.05) is 31.2 Å². The number of hydrogen-bond donors (Lipinski definition) is 1. The second-order valence-corrected chi connectivity index (χ2v) is 4.94. The summed E-state index contributed by atoms with van der Waals surface area (Å²) in [6.45, 7) is 5.81. The van der Waals surface area contributed by atoms with Gasteiger partial charge in [0.1, 0.15) is 5.76 Å². The van der Waals surface area contributed by atoms with Crippen LogP contribution in [-0.2, 0) is 16.0 Å². The fourth-order valence-electron chi connectivity index (χ4n) is 2.23. The van der Waals surface area contributed by atoms with Crippen molar-refractivity contribution in [3.63, 3.8) is 0 Å². The van der Waals surface area contributed by atoms with Crippen molar-refractivity contribution in [1.29, 1.82) is 0 Å². The number of amides is 1. The second kappa shape index (κ2) is 6.16. The minimum atomic E-state index is -0.00359. The van der Waals surface area contributed by atoms with Gasteiger partial charge in [-0.25, -0.2) is 0 Å². The van der Waals surface area contributed by atoms with Crippen molar-refractivity contribution in [2.45, 2.75) is 20.3 Å². The van der Waals surface area contributed by atoms with E-state index in [-0.39, 0.29) is 18.4 Å². The molecule has 1 amide bonds. The average molecular weight is 268 g/mol. The van der Waals surface area contributed by atoms with Crippen LogP contribution in [0.5, 0.6) is 0 Å². The standard InChI is InChI=1S/C13H20N2O4/c1-9-12(10(2)19-14-9)5-13(17)15-3-4-18-8-11(6-15)7-16/h11,16H,3-8H2,1-2H3/t11-/m0/s1. The summed E-state index contributed by atoms with van der Waals surface area (Å²) in [5.41, 5.74) is 1.62. The lowest BCUT2D eigenvalue weighted by Gasteiger charge is -2.22. The van der Waals surface area contributed by atoms with E-state index < -0.39 is 0 Å². The Morgan fingerprint density at radius 1 is 1.53 bits per heavy atom. The lowest BCUT2D eigenvalue weighted by Crippen LogP contribution is -2.37. The Kier molecular flexibility index (Phi) is 4.55. The molecule has 0 bridgehead atoms. The van der Waals surface area contributed by atoms with Crippen molar-refractivity contribution in [2.24, 2.45) is 5.92 Å². The molecule has 6 heteroatoms. The van der Waals surface area contributed by atoms with Crippen LogP contribution in [0, 0.1) is 19.8 Å². The number of carbonyl (C=O) groups excluding carboxylic acids is 1. The van der Waals surface area contributed by atoms with Crippen LogP contribution in [0.3, 0.4) is 0 Å². The molecule has 1 aliphatic heterocycles. The van der Waals surface area contributed by atoms with Crippen LogP contribution in [0.2, 0.25) is 0 Å². The van der Waals surface area contributed by atoms with Crippen molar-refractivity contribution in [1.82, 2.24) is 10.1 Å². The van der Waals surface area contributed by atoms with Crippen LogP contribution >= 0.6 is 0 Å². The van der Waals surface area contributed by atoms with E-state index in [0.29, 0.717) is 38.5 Å². The third-order valence-electron chi connectivity index (χ3n) is 3.46. The van der Waals surface area contributed by atoms with Crippen molar-refractivity contribution in [2.75, 3.05) is 32.9 Å². The quantitative estimate of drug-likeness (QED) is 0.853. The number of aryl methyl sites for hydroxylation is 2. The van der Waals surface area contributed by atoms with Crippen molar-refractivity contribution in [3.8, 4) is 0 Å². The Bertz CT molecular complexity index is 424. The minimum Gasteiger partial charge on any atom is -0.396 e. The smallest absolute Gasteiger partial charge is 0.227 e. The molecular weight excluding hydrogens is 248 g/mol. The highest BCUT2D eigenvalue weighted by atomic mass is 16.5. The van der Waals surface area contributed by atoms with Crippen LogP contribution in [-0.4, -0.2) is 54.0 Å². The normalized spacial score (nSPS) is 20.4. The Labute approximate surface area is 112 Å². The molecule has 1 aromatic rings. The first-order valence-electron chi connectivity index (χ1n) is 6.50. The van der Waals surface area contributed by atoms with Gasteiger partial charge in [0.25, 0.3) is 0 Å². The maximum absolute atomic E-state index is 12.3. The second-order valence-electron chi connectivity index (χ2n) is 4.94. The zero-order valence-corrected chi connectivity index (χ0v) is 11.4. The summed E-state index contributed by atoms with van der Waals surface area (Å²) < 4.78 is 10.4. The van der Waals surface area contributed by atoms with E-state index in [0.717, 1.165) is 11.3 Å². The van der Waals surface area contributed by atoms with Gasteiger partial charge >= 0.3 is 0 Å². The number of aliphatic hydroxyl groups is 1. The van der Waals surface area contributed by atoms with Gasteiger partial charge < -0.3 is 19.3 Å². The molecule has 1 fully saturated rings. The van der Waals surface area contributed by atoms with E-state index in [1.165, 1.54) is 0 Å². The molecule has 106 valence electrons. The maximum Gasteiger partial charge on any atom is 0.227 e. The highest BCUT2D eigenvalue weighted by molar-refractivity contribution is 5.79. The van der Waals surface area contributed by atoms with E-state index in [1.54, 1.807) is 4.90 Å². The zero-order chi connectivity index (χ0) is 13.8. The third kappa shape index (κ3) is 3.33. The highest BCUT2D eigenvalue weighted by Crippen LogP contribution is 2.15. The van der Waals surface area contributed by atoms with Crippen LogP contribution in [0.4, 0.5) is 0 Å². The predicted octanol–water partition coefficient (Wildman–Crippen LogP) is 0.301. The first-order chi connectivity index (χ1) is 9.11. The molecule has 0 aliphatic carbocycles. The van der Waals surface area contributed by atoms with Crippen LogP contribution in [0.1, 0.15) is 17.0 Å². The lowest BCUT2D eigenvalue weighted by molar-refractivity contribution is -0.131. The Morgan fingerprint density at radius 3 is 2.95 bits per heavy atom. The summed E-state index contributed by atoms with van der Waals surface area (Å²) in [7, 11) is 0. The number of ether oxygens (including phenoxy) is 1. The number of rotatable bonds is 3. The van der Waals surface area contributed by atoms with Gasteiger partial charge in [0.2, 0.25) is 5.91 Å². The molecule has 1 saturated heterocycles. The molecule has 1 aliphatic rings. The van der Waals surface area contributed by atoms with Crippen molar-refractivity contribution >= 4 is 5.91 Å². The van der Waals surface area contributed by atoms with Gasteiger partial charge in [-0.15, -0.1) is 0 Å². The summed E-state index contributed by atoms with van der Waals surface area (Å²) in [5, 5.41) is 13.1. The average Bonchev–Trinajstić information content (AvgIpc) is 2.62. The van der Waals surface area contributed by atoms with Gasteiger partial charge in [-0.3, -0.25) is 4.79 Å². The maximum atomic E-state index is 12.3. The monoisotopic (exact) mass is 268 g/mol. The molecule has 1 aromatic heterocycles. The predicted molar refractivity (Wildman–Crippen MR) is 67.7 cm³/mol. The molecule has 1 atom stereocenters. The van der Waals surface area contributed by atoms with Gasteiger partial charge in [-0.2, -0.15) is 0 Å². The van der Waals surface area contributed by atoms with Gasteiger partial charge in [-0.05, 0) is 13.8 Å². The minimum absolute atomic E-state index is 0.00359. The van der Waals surface area contributed by atoms with Crippen LogP contribution in [0.15, 0.2) is 4.52 Å². The van der Waals surface area contributed by atoms with Crippen molar-refractivity contribution < 1.29 is 19.2 Å². The van der Waals surface area contributed by atoms with Crippen LogP contribution in [0.25, 0.3) is 0 Å². The van der Waals surface area contributed by atoms with Crippen LogP contribution < -0.4 is 0 Å². The van der Waals surface area contributed by atoms with E-state index in [2.05, 4.69) is 5.16 Å². The molecule has 6 nitrogen and oxygen atoms in total. The Morgan fingerprint density at radius 2 is 2.32 bits per heavy atom. The first-order valence-corrected chi connectivity index (χ1v) is 6.50. The summed E-state index contributed by atoms with van der Waals surface area (Å²) in [5.74, 6) is 0.713. The number of aromatic nitrogens is 1. The molecular formula is C13H20N2O4. The topological polar surface area (TPSA) is 75.8 Å². The summed E-state index contributed by atoms with van der Waals surface area (Å²) >= 11 is 0. The molecule has 2 rings (SSSR count). The fourth-order valence-corrected chi connectivity index (χ4v) is 2.23. The molecule has 0 unspecified atom stereocenters. The Balaban J connectivity index is 2.02. The zero-order valence-electron chi connectivity index (χ0n) is 11.4. The number of carbonyl (C=O) groups is 1. The number of hydrogen-bond acceptors (Lipinski definition) is 5. The lowest BCUT2D eigenvalue weighted by atomic mass is 10.1. The fraction of sp³-hybridized carbons (Fsp3) is 0.692. The summed E-state index contributed by atoms with van der Waals surface area (Å²) in [6, 6.07) is 0. The molecule has 1 N–H and O–H groups in total. The first kappa shape index (κ1) is 14.0. The van der Waals surface area contributed by atoms with E-state index in [4.69, 9.17) is 9.26 Å². The van der Waals surface area contributed by atoms with Crippen molar-refractivity contribution in [3.05, 3.63) is 17.0 Å². The molecule has 0 saturated carbocycles. The molecule has 0 spiro atoms. The van der Waals surface area contributed by atoms with Gasteiger partial charge in [-0.1, -0.05) is 5.16 Å². The Hall–Kier alpha value is -1.40. The summed E-state index contributed by atoms with van der Waals surface area (Å²) in [6.07, 6.45) is 0.291. The molecule has 19 heavy (non-hydrogen) atoms. The number of aliphatic hydroxyl groups excluding tert-OH is 1. The van der Waals surface area contributed by atoms with E-state index in [9.17, 15) is 9.90 Å². The molecule has 0 radical (unpaired) electrons. The van der Waals surface area contributed by atoms with E-state index in [1.807, 2.05) is 13.8 Å². The third-order valence-corrected chi connectivity index (χ3v) is 3.46. The van der Waals surface area contributed by atoms with Gasteiger partial charge in [0.15, 0.2) is 0 Å². The van der Waals surface area contributed by atoms with E-state index >= 15 is 0 Å². The van der Waals surface area contributed by atoms with Gasteiger partial charge in [0.05, 0.1) is 25.3 Å². The molecule has 2 heterocycles. The largest absolute Gasteiger partial charge is 0.396 e.